The molecule has 1 heterocycles. The van der Waals surface area contributed by atoms with Gasteiger partial charge < -0.3 is 4.90 Å². The standard InChI is InChI=1S/C15H17ClFN3OS.ClH/c1-9(21)20(13-7-10(16)3-6-12(13)17)14-8-22-15(19(14)2)18-11-4-5-11;/h3,6-7,11,14H,4-5,8H2,1-2H3;1H. The van der Waals surface area contributed by atoms with Gasteiger partial charge in [-0.3, -0.25) is 14.7 Å². The third-order valence-electron chi connectivity index (χ3n) is 3.76. The normalized spacial score (nSPS) is 22.2. The van der Waals surface area contributed by atoms with Gasteiger partial charge in [0, 0.05) is 24.7 Å². The smallest absolute Gasteiger partial charge is 0.225 e. The van der Waals surface area contributed by atoms with Crippen LogP contribution in [0.4, 0.5) is 10.1 Å². The first kappa shape index (κ1) is 18.4. The second kappa shape index (κ2) is 7.28. The summed E-state index contributed by atoms with van der Waals surface area (Å²) in [6.45, 7) is 1.44. The van der Waals surface area contributed by atoms with Crippen LogP contribution in [0.3, 0.4) is 0 Å². The van der Waals surface area contributed by atoms with Gasteiger partial charge in [0.25, 0.3) is 0 Å². The minimum Gasteiger partial charge on any atom is -0.333 e. The zero-order valence-electron chi connectivity index (χ0n) is 12.8. The molecular weight excluding hydrogens is 360 g/mol. The van der Waals surface area contributed by atoms with Crippen LogP contribution >= 0.6 is 35.8 Å². The van der Waals surface area contributed by atoms with Crippen LogP contribution in [-0.4, -0.2) is 41.0 Å². The van der Waals surface area contributed by atoms with Crippen molar-refractivity contribution in [3.8, 4) is 0 Å². The Balaban J connectivity index is 0.00000192. The number of hydrogen-bond donors (Lipinski definition) is 0. The molecule has 23 heavy (non-hydrogen) atoms. The van der Waals surface area contributed by atoms with Crippen LogP contribution in [0.2, 0.25) is 5.02 Å². The number of nitrogens with zero attached hydrogens (tertiary/aromatic N) is 3. The Bertz CT molecular complexity index is 639. The van der Waals surface area contributed by atoms with E-state index in [0.29, 0.717) is 16.8 Å². The third kappa shape index (κ3) is 3.92. The summed E-state index contributed by atoms with van der Waals surface area (Å²) in [6, 6.07) is 4.67. The number of aliphatic imine (C=N–C) groups is 1. The highest BCUT2D eigenvalue weighted by atomic mass is 35.5. The lowest BCUT2D eigenvalue weighted by Crippen LogP contribution is -2.48. The molecule has 1 saturated carbocycles. The molecule has 1 aliphatic carbocycles. The molecule has 1 saturated heterocycles. The molecular formula is C15H18Cl2FN3OS. The Labute approximate surface area is 150 Å². The Morgan fingerprint density at radius 1 is 1.48 bits per heavy atom. The van der Waals surface area contributed by atoms with Crippen LogP contribution in [-0.2, 0) is 4.79 Å². The topological polar surface area (TPSA) is 35.9 Å². The van der Waals surface area contributed by atoms with Crippen LogP contribution in [0.1, 0.15) is 19.8 Å². The molecule has 0 aromatic heterocycles. The Morgan fingerprint density at radius 2 is 2.17 bits per heavy atom. The number of benzene rings is 1. The molecule has 0 bridgehead atoms. The molecule has 1 aromatic carbocycles. The van der Waals surface area contributed by atoms with Gasteiger partial charge in [0.2, 0.25) is 5.91 Å². The molecule has 0 N–H and O–H groups in total. The van der Waals surface area contributed by atoms with Crippen molar-refractivity contribution in [2.24, 2.45) is 4.99 Å². The molecule has 2 aliphatic rings. The Morgan fingerprint density at radius 3 is 2.78 bits per heavy atom. The highest BCUT2D eigenvalue weighted by Crippen LogP contribution is 2.34. The zero-order valence-corrected chi connectivity index (χ0v) is 15.2. The number of amides is 1. The van der Waals surface area contributed by atoms with Crippen molar-refractivity contribution in [3.63, 3.8) is 0 Å². The van der Waals surface area contributed by atoms with Crippen LogP contribution in [0.25, 0.3) is 0 Å². The van der Waals surface area contributed by atoms with Crippen molar-refractivity contribution in [2.75, 3.05) is 17.7 Å². The first-order valence-electron chi connectivity index (χ1n) is 7.15. The zero-order chi connectivity index (χ0) is 15.9. The van der Waals surface area contributed by atoms with Gasteiger partial charge in [-0.25, -0.2) is 4.39 Å². The number of hydrogen-bond acceptors (Lipinski definition) is 3. The van der Waals surface area contributed by atoms with E-state index in [1.165, 1.54) is 30.0 Å². The van der Waals surface area contributed by atoms with E-state index in [2.05, 4.69) is 4.99 Å². The van der Waals surface area contributed by atoms with Crippen molar-refractivity contribution in [2.45, 2.75) is 32.0 Å². The number of carbonyl (C=O) groups is 1. The summed E-state index contributed by atoms with van der Waals surface area (Å²) < 4.78 is 14.2. The van der Waals surface area contributed by atoms with Crippen molar-refractivity contribution in [1.82, 2.24) is 4.90 Å². The number of halogens is 3. The molecule has 1 aliphatic heterocycles. The van der Waals surface area contributed by atoms with Crippen molar-refractivity contribution in [1.29, 1.82) is 0 Å². The van der Waals surface area contributed by atoms with Gasteiger partial charge in [0.1, 0.15) is 12.0 Å². The molecule has 1 unspecified atom stereocenters. The molecule has 4 nitrogen and oxygen atoms in total. The number of thioether (sulfide) groups is 1. The lowest BCUT2D eigenvalue weighted by atomic mass is 10.2. The fourth-order valence-corrected chi connectivity index (χ4v) is 3.82. The van der Waals surface area contributed by atoms with E-state index in [0.717, 1.165) is 18.0 Å². The van der Waals surface area contributed by atoms with E-state index < -0.39 is 5.82 Å². The lowest BCUT2D eigenvalue weighted by Gasteiger charge is -2.33. The average Bonchev–Trinajstić information content (AvgIpc) is 3.21. The highest BCUT2D eigenvalue weighted by Gasteiger charge is 2.36. The van der Waals surface area contributed by atoms with Gasteiger partial charge >= 0.3 is 0 Å². The summed E-state index contributed by atoms with van der Waals surface area (Å²) in [5.41, 5.74) is 0.213. The lowest BCUT2D eigenvalue weighted by molar-refractivity contribution is -0.117. The van der Waals surface area contributed by atoms with Crippen molar-refractivity contribution >= 4 is 52.5 Å². The van der Waals surface area contributed by atoms with E-state index in [1.54, 1.807) is 11.8 Å². The number of amidine groups is 1. The fraction of sp³-hybridized carbons (Fsp3) is 0.467. The molecule has 0 spiro atoms. The molecule has 0 radical (unpaired) electrons. The summed E-state index contributed by atoms with van der Waals surface area (Å²) in [5.74, 6) is -0.00926. The van der Waals surface area contributed by atoms with Crippen LogP contribution < -0.4 is 4.90 Å². The maximum Gasteiger partial charge on any atom is 0.225 e. The van der Waals surface area contributed by atoms with E-state index in [-0.39, 0.29) is 30.2 Å². The molecule has 126 valence electrons. The van der Waals surface area contributed by atoms with E-state index in [4.69, 9.17) is 11.6 Å². The molecule has 8 heteroatoms. The third-order valence-corrected chi connectivity index (χ3v) is 5.11. The quantitative estimate of drug-likeness (QED) is 0.803. The van der Waals surface area contributed by atoms with Crippen LogP contribution in [0.5, 0.6) is 0 Å². The predicted octanol–water partition coefficient (Wildman–Crippen LogP) is 3.78. The van der Waals surface area contributed by atoms with Crippen molar-refractivity contribution < 1.29 is 9.18 Å². The highest BCUT2D eigenvalue weighted by molar-refractivity contribution is 8.14. The molecule has 1 aromatic rings. The Kier molecular flexibility index (Phi) is 5.81. The van der Waals surface area contributed by atoms with Crippen LogP contribution in [0, 0.1) is 5.82 Å². The van der Waals surface area contributed by atoms with Crippen molar-refractivity contribution in [3.05, 3.63) is 29.0 Å². The van der Waals surface area contributed by atoms with Gasteiger partial charge in [0.15, 0.2) is 5.17 Å². The minimum atomic E-state index is -0.453. The first-order chi connectivity index (χ1) is 10.5. The predicted molar refractivity (Wildman–Crippen MR) is 96.3 cm³/mol. The van der Waals surface area contributed by atoms with Gasteiger partial charge in [-0.05, 0) is 31.0 Å². The van der Waals surface area contributed by atoms with Gasteiger partial charge in [-0.15, -0.1) is 12.4 Å². The monoisotopic (exact) mass is 377 g/mol. The second-order valence-corrected chi connectivity index (χ2v) is 6.95. The SMILES string of the molecule is CC(=O)N(c1cc(Cl)ccc1F)C1CSC(=NC2CC2)N1C.Cl. The number of carbonyl (C=O) groups excluding carboxylic acids is 1. The molecule has 2 fully saturated rings. The van der Waals surface area contributed by atoms with Gasteiger partial charge in [-0.1, -0.05) is 23.4 Å². The molecule has 3 rings (SSSR count). The molecule has 1 atom stereocenters. The number of rotatable bonds is 3. The maximum absolute atomic E-state index is 14.2. The summed E-state index contributed by atoms with van der Waals surface area (Å²) >= 11 is 7.57. The summed E-state index contributed by atoms with van der Waals surface area (Å²) in [4.78, 5) is 20.2. The van der Waals surface area contributed by atoms with E-state index >= 15 is 0 Å². The summed E-state index contributed by atoms with van der Waals surface area (Å²) in [5, 5.41) is 1.32. The minimum absolute atomic E-state index is 0. The van der Waals surface area contributed by atoms with Crippen LogP contribution in [0.15, 0.2) is 23.2 Å². The second-order valence-electron chi connectivity index (χ2n) is 5.53. The molecule has 1 amide bonds. The Hall–Kier alpha value is -0.980. The fourth-order valence-electron chi connectivity index (χ4n) is 2.44. The average molecular weight is 378 g/mol. The number of anilines is 1. The maximum atomic E-state index is 14.2. The largest absolute Gasteiger partial charge is 0.333 e. The summed E-state index contributed by atoms with van der Waals surface area (Å²) in [6.07, 6.45) is 2.00. The first-order valence-corrected chi connectivity index (χ1v) is 8.52. The van der Waals surface area contributed by atoms with E-state index in [9.17, 15) is 9.18 Å². The van der Waals surface area contributed by atoms with Gasteiger partial charge in [0.05, 0.1) is 11.7 Å². The van der Waals surface area contributed by atoms with E-state index in [1.807, 2.05) is 11.9 Å². The summed E-state index contributed by atoms with van der Waals surface area (Å²) in [7, 11) is 1.89. The van der Waals surface area contributed by atoms with Gasteiger partial charge in [-0.2, -0.15) is 0 Å².